The third-order valence-electron chi connectivity index (χ3n) is 3.67. The molecule has 112 valence electrons. The minimum atomic E-state index is -0.856. The van der Waals surface area contributed by atoms with Crippen LogP contribution in [0.3, 0.4) is 0 Å². The Morgan fingerprint density at radius 2 is 1.52 bits per heavy atom. The molecule has 0 aliphatic heterocycles. The van der Waals surface area contributed by atoms with Crippen LogP contribution in [-0.2, 0) is 0 Å². The molecule has 1 aliphatic carbocycles. The van der Waals surface area contributed by atoms with Crippen molar-refractivity contribution in [3.8, 4) is 0 Å². The topological polar surface area (TPSA) is 112 Å². The summed E-state index contributed by atoms with van der Waals surface area (Å²) in [6, 6.07) is 3.96. The van der Waals surface area contributed by atoms with Gasteiger partial charge in [-0.15, -0.1) is 0 Å². The number of hydrogen-bond acceptors (Lipinski definition) is 5. The van der Waals surface area contributed by atoms with Gasteiger partial charge in [-0.05, 0) is 25.0 Å². The standard InChI is InChI=1S/C13H15N3O5/c17-14(12-3-1-2-4-13(12)16(20)21)9-10-5-7-11(8-6-10)15(18)19/h5-9,12-13H,1-4H2/b14-9-. The lowest BCUT2D eigenvalue weighted by Gasteiger charge is -2.24. The summed E-state index contributed by atoms with van der Waals surface area (Å²) in [4.78, 5) is 20.6. The van der Waals surface area contributed by atoms with Crippen LogP contribution in [0.25, 0.3) is 0 Å². The molecule has 1 fully saturated rings. The van der Waals surface area contributed by atoms with E-state index in [0.29, 0.717) is 23.1 Å². The van der Waals surface area contributed by atoms with Gasteiger partial charge in [0.05, 0.1) is 4.92 Å². The molecule has 0 bridgehead atoms. The van der Waals surface area contributed by atoms with E-state index in [1.165, 1.54) is 30.5 Å². The molecule has 21 heavy (non-hydrogen) atoms. The fourth-order valence-electron chi connectivity index (χ4n) is 2.56. The maximum absolute atomic E-state index is 12.1. The van der Waals surface area contributed by atoms with E-state index in [0.717, 1.165) is 12.8 Å². The third kappa shape index (κ3) is 3.53. The van der Waals surface area contributed by atoms with Gasteiger partial charge < -0.3 is 5.21 Å². The number of non-ortho nitro benzene ring substituents is 1. The number of rotatable bonds is 4. The molecular weight excluding hydrogens is 278 g/mol. The highest BCUT2D eigenvalue weighted by atomic mass is 16.6. The molecule has 0 heterocycles. The van der Waals surface area contributed by atoms with Gasteiger partial charge in [-0.3, -0.25) is 20.2 Å². The van der Waals surface area contributed by atoms with Crippen LogP contribution in [0.2, 0.25) is 0 Å². The van der Waals surface area contributed by atoms with Crippen molar-refractivity contribution in [2.45, 2.75) is 37.8 Å². The summed E-state index contributed by atoms with van der Waals surface area (Å²) < 4.78 is 0.619. The van der Waals surface area contributed by atoms with Gasteiger partial charge in [-0.2, -0.15) is 0 Å². The zero-order chi connectivity index (χ0) is 15.4. The molecule has 2 unspecified atom stereocenters. The summed E-state index contributed by atoms with van der Waals surface area (Å²) in [6.07, 6.45) is 3.70. The lowest BCUT2D eigenvalue weighted by molar-refractivity contribution is -0.610. The minimum Gasteiger partial charge on any atom is -0.623 e. The SMILES string of the molecule is O=[N+]([O-])c1ccc(/C=[N+](\[O-])C2CCCCC2[N+](=O)[O-])cc1. The fraction of sp³-hybridized carbons (Fsp3) is 0.462. The van der Waals surface area contributed by atoms with E-state index in [9.17, 15) is 25.4 Å². The van der Waals surface area contributed by atoms with E-state index >= 15 is 0 Å². The minimum absolute atomic E-state index is 0.0644. The van der Waals surface area contributed by atoms with Crippen LogP contribution < -0.4 is 0 Å². The first kappa shape index (κ1) is 14.9. The van der Waals surface area contributed by atoms with Crippen molar-refractivity contribution < 1.29 is 14.6 Å². The van der Waals surface area contributed by atoms with E-state index in [1.807, 2.05) is 0 Å². The van der Waals surface area contributed by atoms with Gasteiger partial charge in [0.25, 0.3) is 11.7 Å². The zero-order valence-corrected chi connectivity index (χ0v) is 11.3. The van der Waals surface area contributed by atoms with Gasteiger partial charge in [-0.1, -0.05) is 0 Å². The monoisotopic (exact) mass is 293 g/mol. The molecule has 0 saturated heterocycles. The Bertz CT molecular complexity index is 570. The summed E-state index contributed by atoms with van der Waals surface area (Å²) in [7, 11) is 0. The van der Waals surface area contributed by atoms with Crippen molar-refractivity contribution in [1.82, 2.24) is 0 Å². The number of benzene rings is 1. The Hall–Kier alpha value is -2.51. The molecule has 1 aliphatic rings. The van der Waals surface area contributed by atoms with Crippen LogP contribution in [0.5, 0.6) is 0 Å². The average Bonchev–Trinajstić information content (AvgIpc) is 2.47. The van der Waals surface area contributed by atoms with Crippen LogP contribution >= 0.6 is 0 Å². The van der Waals surface area contributed by atoms with Crippen molar-refractivity contribution >= 4 is 11.9 Å². The lowest BCUT2D eigenvalue weighted by Crippen LogP contribution is -2.42. The van der Waals surface area contributed by atoms with Crippen molar-refractivity contribution in [2.24, 2.45) is 0 Å². The number of hydrogen-bond donors (Lipinski definition) is 0. The predicted molar refractivity (Wildman–Crippen MR) is 74.9 cm³/mol. The van der Waals surface area contributed by atoms with Crippen molar-refractivity contribution in [3.63, 3.8) is 0 Å². The molecule has 0 radical (unpaired) electrons. The molecule has 8 nitrogen and oxygen atoms in total. The zero-order valence-electron chi connectivity index (χ0n) is 11.3. The van der Waals surface area contributed by atoms with Crippen LogP contribution in [0.4, 0.5) is 5.69 Å². The summed E-state index contributed by atoms with van der Waals surface area (Å²) in [6.45, 7) is 0. The molecule has 1 aromatic carbocycles. The summed E-state index contributed by atoms with van der Waals surface area (Å²) >= 11 is 0. The fourth-order valence-corrected chi connectivity index (χ4v) is 2.56. The van der Waals surface area contributed by atoms with Crippen molar-refractivity contribution in [1.29, 1.82) is 0 Å². The Morgan fingerprint density at radius 1 is 0.952 bits per heavy atom. The van der Waals surface area contributed by atoms with Gasteiger partial charge in [0, 0.05) is 35.5 Å². The summed E-state index contributed by atoms with van der Waals surface area (Å²) in [5.41, 5.74) is 0.425. The number of nitro groups is 2. The molecular formula is C13H15N3O5. The summed E-state index contributed by atoms with van der Waals surface area (Å²) in [5, 5.41) is 33.7. The Kier molecular flexibility index (Phi) is 4.46. The van der Waals surface area contributed by atoms with Crippen LogP contribution in [-0.4, -0.2) is 32.9 Å². The Balaban J connectivity index is 2.18. The smallest absolute Gasteiger partial charge is 0.274 e. The van der Waals surface area contributed by atoms with E-state index in [4.69, 9.17) is 0 Å². The second kappa shape index (κ2) is 6.29. The van der Waals surface area contributed by atoms with Crippen LogP contribution in [0.1, 0.15) is 31.2 Å². The van der Waals surface area contributed by atoms with Gasteiger partial charge >= 0.3 is 0 Å². The highest BCUT2D eigenvalue weighted by molar-refractivity contribution is 5.76. The van der Waals surface area contributed by atoms with Crippen molar-refractivity contribution in [3.05, 3.63) is 55.3 Å². The van der Waals surface area contributed by atoms with Gasteiger partial charge in [0.1, 0.15) is 0 Å². The lowest BCUT2D eigenvalue weighted by atomic mass is 9.91. The molecule has 0 amide bonds. The summed E-state index contributed by atoms with van der Waals surface area (Å²) in [5.74, 6) is 0. The predicted octanol–water partition coefficient (Wildman–Crippen LogP) is 2.11. The molecule has 2 atom stereocenters. The average molecular weight is 293 g/mol. The van der Waals surface area contributed by atoms with Crippen LogP contribution in [0.15, 0.2) is 24.3 Å². The third-order valence-corrected chi connectivity index (χ3v) is 3.67. The number of hydroxylamine groups is 1. The van der Waals surface area contributed by atoms with Crippen molar-refractivity contribution in [2.75, 3.05) is 0 Å². The number of nitro benzene ring substituents is 1. The van der Waals surface area contributed by atoms with E-state index < -0.39 is 21.9 Å². The second-order valence-corrected chi connectivity index (χ2v) is 5.04. The molecule has 8 heteroatoms. The Labute approximate surface area is 120 Å². The second-order valence-electron chi connectivity index (χ2n) is 5.04. The first-order valence-electron chi connectivity index (χ1n) is 6.67. The Morgan fingerprint density at radius 3 is 2.05 bits per heavy atom. The maximum atomic E-state index is 12.1. The highest BCUT2D eigenvalue weighted by Gasteiger charge is 2.39. The molecule has 0 spiro atoms. The highest BCUT2D eigenvalue weighted by Crippen LogP contribution is 2.23. The largest absolute Gasteiger partial charge is 0.623 e. The van der Waals surface area contributed by atoms with E-state index in [-0.39, 0.29) is 5.69 Å². The number of nitrogens with zero attached hydrogens (tertiary/aromatic N) is 3. The quantitative estimate of drug-likeness (QED) is 0.277. The molecule has 0 aromatic heterocycles. The molecule has 1 aromatic rings. The van der Waals surface area contributed by atoms with Gasteiger partial charge in [-0.25, -0.2) is 4.74 Å². The molecule has 2 rings (SSSR count). The van der Waals surface area contributed by atoms with Gasteiger partial charge in [0.15, 0.2) is 6.21 Å². The molecule has 0 N–H and O–H groups in total. The van der Waals surface area contributed by atoms with E-state index in [2.05, 4.69) is 0 Å². The van der Waals surface area contributed by atoms with Gasteiger partial charge in [0.2, 0.25) is 6.04 Å². The van der Waals surface area contributed by atoms with Crippen LogP contribution in [0, 0.1) is 25.4 Å². The maximum Gasteiger partial charge on any atom is 0.274 e. The first-order valence-corrected chi connectivity index (χ1v) is 6.67. The normalized spacial score (nSPS) is 22.8. The first-order chi connectivity index (χ1) is 9.99. The van der Waals surface area contributed by atoms with E-state index in [1.54, 1.807) is 0 Å². The molecule has 1 saturated carbocycles.